The maximum absolute atomic E-state index is 12.0. The molecule has 1 aliphatic rings. The number of benzene rings is 2. The Morgan fingerprint density at radius 3 is 2.79 bits per heavy atom. The van der Waals surface area contributed by atoms with Crippen molar-refractivity contribution in [2.45, 2.75) is 0 Å². The van der Waals surface area contributed by atoms with Crippen LogP contribution in [0.3, 0.4) is 0 Å². The zero-order valence-electron chi connectivity index (χ0n) is 17.5. The van der Waals surface area contributed by atoms with Gasteiger partial charge in [0.25, 0.3) is 5.91 Å². The summed E-state index contributed by atoms with van der Waals surface area (Å²) in [5, 5.41) is 8.80. The van der Waals surface area contributed by atoms with Crippen LogP contribution in [0.15, 0.2) is 73.2 Å². The van der Waals surface area contributed by atoms with E-state index in [1.54, 1.807) is 28.0 Å². The summed E-state index contributed by atoms with van der Waals surface area (Å²) in [5.41, 5.74) is 4.80. The number of para-hydroxylation sites is 1. The molecule has 3 aromatic heterocycles. The van der Waals surface area contributed by atoms with Crippen molar-refractivity contribution in [3.63, 3.8) is 0 Å². The van der Waals surface area contributed by atoms with Gasteiger partial charge in [0.2, 0.25) is 5.95 Å². The quantitative estimate of drug-likeness (QED) is 0.460. The first kappa shape index (κ1) is 19.3. The van der Waals surface area contributed by atoms with Crippen molar-refractivity contribution in [1.82, 2.24) is 24.6 Å². The maximum Gasteiger partial charge on any atom is 0.253 e. The maximum atomic E-state index is 12.0. The number of nitrogens with zero attached hydrogens (tertiary/aromatic N) is 6. The van der Waals surface area contributed by atoms with Gasteiger partial charge in [-0.15, -0.1) is 5.10 Å². The third-order valence-electron chi connectivity index (χ3n) is 5.54. The van der Waals surface area contributed by atoms with Crippen LogP contribution in [0.2, 0.25) is 0 Å². The van der Waals surface area contributed by atoms with Crippen LogP contribution in [0.1, 0.15) is 0 Å². The predicted molar refractivity (Wildman–Crippen MR) is 124 cm³/mol. The normalized spacial score (nSPS) is 14.2. The smallest absolute Gasteiger partial charge is 0.253 e. The second-order valence-electron chi connectivity index (χ2n) is 7.67. The van der Waals surface area contributed by atoms with Gasteiger partial charge in [0.1, 0.15) is 12.3 Å². The Labute approximate surface area is 188 Å². The third kappa shape index (κ3) is 3.64. The van der Waals surface area contributed by atoms with Gasteiger partial charge >= 0.3 is 0 Å². The zero-order valence-corrected chi connectivity index (χ0v) is 17.5. The minimum Gasteiger partial charge on any atom is -0.370 e. The van der Waals surface area contributed by atoms with Gasteiger partial charge in [-0.3, -0.25) is 14.8 Å². The number of ether oxygens (including phenoxy) is 1. The van der Waals surface area contributed by atoms with E-state index in [9.17, 15) is 4.79 Å². The number of carbonyl (C=O) groups excluding carboxylic acids is 1. The van der Waals surface area contributed by atoms with Crippen LogP contribution in [0, 0.1) is 0 Å². The molecule has 5 aromatic rings. The first-order valence-corrected chi connectivity index (χ1v) is 10.6. The molecule has 0 spiro atoms. The van der Waals surface area contributed by atoms with Gasteiger partial charge in [-0.05, 0) is 36.4 Å². The van der Waals surface area contributed by atoms with Crippen LogP contribution in [0.4, 0.5) is 17.3 Å². The van der Waals surface area contributed by atoms with Crippen molar-refractivity contribution in [2.24, 2.45) is 0 Å². The fraction of sp³-hybridized carbons (Fsp3) is 0.125. The third-order valence-corrected chi connectivity index (χ3v) is 5.54. The van der Waals surface area contributed by atoms with Crippen LogP contribution in [0.25, 0.3) is 27.8 Å². The van der Waals surface area contributed by atoms with Crippen molar-refractivity contribution in [1.29, 1.82) is 0 Å². The summed E-state index contributed by atoms with van der Waals surface area (Å²) in [5.74, 6) is 0.417. The average molecular weight is 437 g/mol. The van der Waals surface area contributed by atoms with E-state index >= 15 is 0 Å². The van der Waals surface area contributed by atoms with Crippen molar-refractivity contribution < 1.29 is 9.53 Å². The first-order chi connectivity index (χ1) is 16.2. The molecule has 33 heavy (non-hydrogen) atoms. The summed E-state index contributed by atoms with van der Waals surface area (Å²) in [4.78, 5) is 27.5. The molecule has 1 aliphatic heterocycles. The zero-order chi connectivity index (χ0) is 22.2. The molecule has 9 nitrogen and oxygen atoms in total. The summed E-state index contributed by atoms with van der Waals surface area (Å²) in [6.45, 7) is 1.22. The van der Waals surface area contributed by atoms with Crippen LogP contribution >= 0.6 is 0 Å². The molecule has 0 bridgehead atoms. The monoisotopic (exact) mass is 437 g/mol. The van der Waals surface area contributed by atoms with Crippen LogP contribution in [-0.4, -0.2) is 50.2 Å². The van der Waals surface area contributed by atoms with E-state index in [1.165, 1.54) is 0 Å². The van der Waals surface area contributed by atoms with Crippen LogP contribution in [0.5, 0.6) is 0 Å². The number of amides is 1. The van der Waals surface area contributed by atoms with E-state index in [2.05, 4.69) is 31.4 Å². The Morgan fingerprint density at radius 2 is 1.91 bits per heavy atom. The lowest BCUT2D eigenvalue weighted by Gasteiger charge is -2.26. The lowest BCUT2D eigenvalue weighted by molar-refractivity contribution is -0.125. The summed E-state index contributed by atoms with van der Waals surface area (Å²) in [7, 11) is 0. The highest BCUT2D eigenvalue weighted by atomic mass is 16.5. The minimum absolute atomic E-state index is 0.0350. The number of hydrogen-bond donors (Lipinski definition) is 1. The number of anilines is 3. The largest absolute Gasteiger partial charge is 0.370 e. The van der Waals surface area contributed by atoms with E-state index in [0.717, 1.165) is 27.8 Å². The number of pyridine rings is 1. The molecule has 0 saturated carbocycles. The number of carbonyl (C=O) groups is 1. The highest BCUT2D eigenvalue weighted by molar-refractivity contribution is 5.95. The summed E-state index contributed by atoms with van der Waals surface area (Å²) in [6.07, 6.45) is 5.26. The fourth-order valence-electron chi connectivity index (χ4n) is 3.92. The lowest BCUT2D eigenvalue weighted by Crippen LogP contribution is -2.41. The van der Waals surface area contributed by atoms with Crippen LogP contribution in [-0.2, 0) is 9.53 Å². The van der Waals surface area contributed by atoms with Crippen molar-refractivity contribution in [3.05, 3.63) is 73.2 Å². The van der Waals surface area contributed by atoms with Crippen LogP contribution < -0.4 is 10.2 Å². The molecule has 1 fully saturated rings. The summed E-state index contributed by atoms with van der Waals surface area (Å²) < 4.78 is 6.89. The molecule has 0 atom stereocenters. The topological polar surface area (TPSA) is 97.5 Å². The van der Waals surface area contributed by atoms with E-state index in [0.29, 0.717) is 30.4 Å². The molecule has 0 radical (unpaired) electrons. The standard InChI is InChI=1S/C24H19N7O2/c32-21-15-33-12-11-30(21)19-7-5-18(6-8-19)27-24-28-23-22(25-9-10-31(23)29-24)17-13-16-3-1-2-4-20(16)26-14-17/h1-10,13-14H,11-12,15H2,(H,27,29). The Kier molecular flexibility index (Phi) is 4.66. The van der Waals surface area contributed by atoms with Gasteiger partial charge in [0, 0.05) is 47.5 Å². The molecule has 2 aromatic carbocycles. The summed E-state index contributed by atoms with van der Waals surface area (Å²) in [6, 6.07) is 17.6. The van der Waals surface area contributed by atoms with Gasteiger partial charge in [-0.2, -0.15) is 4.98 Å². The second kappa shape index (κ2) is 7.95. The molecule has 0 aliphatic carbocycles. The molecule has 0 unspecified atom stereocenters. The van der Waals surface area contributed by atoms with E-state index < -0.39 is 0 Å². The Balaban J connectivity index is 1.29. The highest BCUT2D eigenvalue weighted by Gasteiger charge is 2.20. The molecule has 9 heteroatoms. The number of nitrogens with one attached hydrogen (secondary N) is 1. The molecule has 1 N–H and O–H groups in total. The van der Waals surface area contributed by atoms with Crippen molar-refractivity contribution in [2.75, 3.05) is 30.0 Å². The molecule has 6 rings (SSSR count). The highest BCUT2D eigenvalue weighted by Crippen LogP contribution is 2.26. The Bertz CT molecular complexity index is 1480. The number of aromatic nitrogens is 5. The first-order valence-electron chi connectivity index (χ1n) is 10.6. The number of morpholine rings is 1. The van der Waals surface area contributed by atoms with Gasteiger partial charge in [0.05, 0.1) is 12.1 Å². The average Bonchev–Trinajstić information content (AvgIpc) is 3.27. The van der Waals surface area contributed by atoms with Gasteiger partial charge in [-0.25, -0.2) is 4.52 Å². The van der Waals surface area contributed by atoms with E-state index in [-0.39, 0.29) is 12.5 Å². The van der Waals surface area contributed by atoms with E-state index in [4.69, 9.17) is 4.74 Å². The predicted octanol–water partition coefficient (Wildman–Crippen LogP) is 3.45. The van der Waals surface area contributed by atoms with Gasteiger partial charge < -0.3 is 15.0 Å². The molecule has 1 saturated heterocycles. The molecule has 1 amide bonds. The minimum atomic E-state index is -0.0350. The number of hydrogen-bond acceptors (Lipinski definition) is 7. The van der Waals surface area contributed by atoms with Crippen molar-refractivity contribution in [3.8, 4) is 11.3 Å². The molecule has 4 heterocycles. The van der Waals surface area contributed by atoms with Crippen molar-refractivity contribution >= 4 is 39.8 Å². The van der Waals surface area contributed by atoms with Gasteiger partial charge in [-0.1, -0.05) is 18.2 Å². The lowest BCUT2D eigenvalue weighted by atomic mass is 10.1. The SMILES string of the molecule is O=C1COCCN1c1ccc(Nc2nc3c(-c4cnc5ccccc5c4)nccn3n2)cc1. The fourth-order valence-corrected chi connectivity index (χ4v) is 3.92. The summed E-state index contributed by atoms with van der Waals surface area (Å²) >= 11 is 0. The Morgan fingerprint density at radius 1 is 1.03 bits per heavy atom. The Hall–Kier alpha value is -4.37. The number of rotatable bonds is 4. The molecule has 162 valence electrons. The van der Waals surface area contributed by atoms with E-state index in [1.807, 2.05) is 48.5 Å². The second-order valence-corrected chi connectivity index (χ2v) is 7.67. The number of fused-ring (bicyclic) bond motifs is 2. The van der Waals surface area contributed by atoms with Gasteiger partial charge in [0.15, 0.2) is 5.65 Å². The molecular weight excluding hydrogens is 418 g/mol. The molecular formula is C24H19N7O2.